The zero-order valence-electron chi connectivity index (χ0n) is 14.3. The molecule has 0 aliphatic rings. The molecule has 11 heteroatoms. The normalized spacial score (nSPS) is 14.2. The molecule has 2 rings (SSSR count). The van der Waals surface area contributed by atoms with Crippen molar-refractivity contribution < 1.29 is 43.9 Å². The van der Waals surface area contributed by atoms with Gasteiger partial charge >= 0.3 is 166 Å². The monoisotopic (exact) mass is 550 g/mol. The van der Waals surface area contributed by atoms with E-state index in [-0.39, 0.29) is 7.22 Å². The summed E-state index contributed by atoms with van der Waals surface area (Å²) in [6.45, 7) is 0. The standard InChI is InChI=1S/C18H14F10Te/c19-14(20)16(23,24)18(27,28)17(25,26)15(21,22)11-29(12-7-3-1-4-8-12)13-9-5-2-6-10-13/h1-10,14,29H,11H2. The Hall–Kier alpha value is -1.47. The van der Waals surface area contributed by atoms with E-state index in [0.29, 0.717) is 0 Å². The van der Waals surface area contributed by atoms with Gasteiger partial charge in [-0.1, -0.05) is 0 Å². The number of hydrogen-bond acceptors (Lipinski definition) is 0. The average molecular weight is 548 g/mol. The molecule has 0 amide bonds. The van der Waals surface area contributed by atoms with Gasteiger partial charge in [-0.05, 0) is 0 Å². The molecular weight excluding hydrogens is 534 g/mol. The summed E-state index contributed by atoms with van der Waals surface area (Å²) in [5, 5.41) is 0. The van der Waals surface area contributed by atoms with E-state index in [1.807, 2.05) is 0 Å². The van der Waals surface area contributed by atoms with Gasteiger partial charge in [0.2, 0.25) is 0 Å². The zero-order chi connectivity index (χ0) is 22.1. The molecule has 0 aliphatic carbocycles. The van der Waals surface area contributed by atoms with E-state index < -0.39 is 54.1 Å². The Labute approximate surface area is 166 Å². The first kappa shape index (κ1) is 23.8. The molecule has 2 aromatic rings. The first-order chi connectivity index (χ1) is 13.3. The molecule has 0 heterocycles. The molecule has 0 bridgehead atoms. The van der Waals surface area contributed by atoms with Crippen molar-refractivity contribution in [1.82, 2.24) is 0 Å². The van der Waals surface area contributed by atoms with Gasteiger partial charge in [0.15, 0.2) is 0 Å². The Kier molecular flexibility index (Phi) is 6.85. The maximum absolute atomic E-state index is 14.3. The summed E-state index contributed by atoms with van der Waals surface area (Å²) in [6.07, 6.45) is -5.25. The van der Waals surface area contributed by atoms with Gasteiger partial charge in [0.05, 0.1) is 0 Å². The van der Waals surface area contributed by atoms with Crippen LogP contribution in [0, 0.1) is 0 Å². The molecule has 0 saturated carbocycles. The first-order valence-corrected chi connectivity index (χ1v) is 12.3. The van der Waals surface area contributed by atoms with E-state index in [4.69, 9.17) is 0 Å². The number of hydrogen-bond donors (Lipinski definition) is 0. The average Bonchev–Trinajstić information content (AvgIpc) is 2.67. The molecule has 0 aliphatic heterocycles. The van der Waals surface area contributed by atoms with Gasteiger partial charge in [0.25, 0.3) is 0 Å². The van der Waals surface area contributed by atoms with Crippen molar-refractivity contribution in [2.45, 2.75) is 34.6 Å². The summed E-state index contributed by atoms with van der Waals surface area (Å²) in [4.78, 5) is 0. The van der Waals surface area contributed by atoms with Crippen LogP contribution in [0.1, 0.15) is 0 Å². The second-order valence-electron chi connectivity index (χ2n) is 6.03. The van der Waals surface area contributed by atoms with Crippen molar-refractivity contribution >= 4 is 26.8 Å². The van der Waals surface area contributed by atoms with Gasteiger partial charge in [0, 0.05) is 0 Å². The minimum atomic E-state index is -6.96. The summed E-state index contributed by atoms with van der Waals surface area (Å²) in [7, 11) is 0. The molecule has 0 saturated heterocycles. The third-order valence-corrected chi connectivity index (χ3v) is 11.3. The van der Waals surface area contributed by atoms with Gasteiger partial charge < -0.3 is 0 Å². The molecule has 0 fully saturated rings. The summed E-state index contributed by atoms with van der Waals surface area (Å²) in [6, 6.07) is 14.1. The quantitative estimate of drug-likeness (QED) is 0.328. The second-order valence-corrected chi connectivity index (χ2v) is 12.3. The van der Waals surface area contributed by atoms with Crippen LogP contribution in [0.25, 0.3) is 0 Å². The first-order valence-electron chi connectivity index (χ1n) is 7.93. The Bertz CT molecular complexity index is 753. The summed E-state index contributed by atoms with van der Waals surface area (Å²) in [5.74, 6) is -26.0. The topological polar surface area (TPSA) is 0 Å². The van der Waals surface area contributed by atoms with Crippen LogP contribution in [-0.4, -0.2) is 49.7 Å². The number of rotatable bonds is 8. The van der Waals surface area contributed by atoms with Gasteiger partial charge in [-0.3, -0.25) is 0 Å². The van der Waals surface area contributed by atoms with Crippen LogP contribution < -0.4 is 7.22 Å². The molecular formula is C18H14F10Te. The molecule has 0 radical (unpaired) electrons. The van der Waals surface area contributed by atoms with Gasteiger partial charge in [0.1, 0.15) is 0 Å². The van der Waals surface area contributed by atoms with Crippen LogP contribution in [0.15, 0.2) is 60.7 Å². The number of halogens is 10. The molecule has 0 unspecified atom stereocenters. The van der Waals surface area contributed by atoms with Crippen LogP contribution in [0.3, 0.4) is 0 Å². The summed E-state index contributed by atoms with van der Waals surface area (Å²) < 4.78 is 133. The van der Waals surface area contributed by atoms with Gasteiger partial charge in [-0.15, -0.1) is 0 Å². The van der Waals surface area contributed by atoms with Crippen molar-refractivity contribution in [2.75, 3.05) is 0 Å². The molecule has 162 valence electrons. The fraction of sp³-hybridized carbons (Fsp3) is 0.333. The molecule has 0 nitrogen and oxygen atoms in total. The minimum absolute atomic E-state index is 0.209. The number of alkyl halides is 10. The second kappa shape index (κ2) is 8.34. The zero-order valence-corrected chi connectivity index (χ0v) is 16.8. The van der Waals surface area contributed by atoms with Crippen molar-refractivity contribution in [3.8, 4) is 0 Å². The maximum atomic E-state index is 14.3. The van der Waals surface area contributed by atoms with Crippen molar-refractivity contribution in [3.05, 3.63) is 60.7 Å². The van der Waals surface area contributed by atoms with E-state index >= 15 is 0 Å². The Morgan fingerprint density at radius 3 is 1.34 bits per heavy atom. The van der Waals surface area contributed by atoms with E-state index in [1.54, 1.807) is 0 Å². The van der Waals surface area contributed by atoms with Crippen molar-refractivity contribution in [1.29, 1.82) is 0 Å². The van der Waals surface area contributed by atoms with E-state index in [1.165, 1.54) is 60.7 Å². The van der Waals surface area contributed by atoms with Crippen LogP contribution in [0.5, 0.6) is 0 Å². The summed E-state index contributed by atoms with van der Waals surface area (Å²) >= 11 is -3.88. The van der Waals surface area contributed by atoms with E-state index in [0.717, 1.165) is 0 Å². The van der Waals surface area contributed by atoms with Crippen LogP contribution >= 0.6 is 0 Å². The summed E-state index contributed by atoms with van der Waals surface area (Å²) in [5.41, 5.74) is 0. The molecule has 0 atom stereocenters. The fourth-order valence-electron chi connectivity index (χ4n) is 2.42. The van der Waals surface area contributed by atoms with Gasteiger partial charge in [-0.2, -0.15) is 0 Å². The SMILES string of the molecule is FC(F)C(F)(F)C(F)(F)C(F)(F)C(F)(F)C[TeH](c1ccccc1)c1ccccc1. The number of benzene rings is 2. The van der Waals surface area contributed by atoms with Crippen LogP contribution in [0.2, 0.25) is 4.47 Å². The Morgan fingerprint density at radius 1 is 0.621 bits per heavy atom. The van der Waals surface area contributed by atoms with E-state index in [2.05, 4.69) is 0 Å². The van der Waals surface area contributed by atoms with Crippen molar-refractivity contribution in [3.63, 3.8) is 0 Å². The van der Waals surface area contributed by atoms with E-state index in [9.17, 15) is 43.9 Å². The Balaban J connectivity index is 2.49. The predicted molar refractivity (Wildman–Crippen MR) is 89.9 cm³/mol. The molecule has 2 aromatic carbocycles. The fourth-order valence-corrected chi connectivity index (χ4v) is 9.05. The van der Waals surface area contributed by atoms with Crippen LogP contribution in [0.4, 0.5) is 43.9 Å². The third-order valence-electron chi connectivity index (χ3n) is 4.04. The van der Waals surface area contributed by atoms with Crippen LogP contribution in [-0.2, 0) is 0 Å². The molecule has 0 N–H and O–H groups in total. The molecule has 0 aromatic heterocycles. The predicted octanol–water partition coefficient (Wildman–Crippen LogP) is 4.83. The third kappa shape index (κ3) is 4.36. The van der Waals surface area contributed by atoms with Gasteiger partial charge in [-0.25, -0.2) is 0 Å². The molecule has 0 spiro atoms. The Morgan fingerprint density at radius 2 is 1.00 bits per heavy atom. The molecule has 29 heavy (non-hydrogen) atoms. The van der Waals surface area contributed by atoms with Crippen molar-refractivity contribution in [2.24, 2.45) is 0 Å².